The van der Waals surface area contributed by atoms with Crippen LogP contribution in [0.3, 0.4) is 0 Å². The van der Waals surface area contributed by atoms with Gasteiger partial charge in [0, 0.05) is 45.6 Å². The fourth-order valence-corrected chi connectivity index (χ4v) is 13.0. The van der Waals surface area contributed by atoms with Gasteiger partial charge in [-0.2, -0.15) is 0 Å². The van der Waals surface area contributed by atoms with Crippen LogP contribution in [0.15, 0.2) is 81.7 Å². The average molecular weight is 1490 g/mol. The molecule has 107 heavy (non-hydrogen) atoms. The minimum Gasteiger partial charge on any atom is -0.508 e. The van der Waals surface area contributed by atoms with Crippen LogP contribution in [-0.4, -0.2) is 197 Å². The number of rotatable bonds is 43. The molecule has 0 spiro atoms. The minimum atomic E-state index is -1.44. The van der Waals surface area contributed by atoms with Crippen LogP contribution in [-0.2, 0) is 78.5 Å². The van der Waals surface area contributed by atoms with Crippen LogP contribution in [0, 0.1) is 25.7 Å². The van der Waals surface area contributed by atoms with E-state index in [1.165, 1.54) is 9.80 Å². The zero-order valence-corrected chi connectivity index (χ0v) is 62.4. The normalized spacial score (nSPS) is 16.4. The Kier molecular flexibility index (Phi) is 35.5. The third-order valence-corrected chi connectivity index (χ3v) is 18.9. The van der Waals surface area contributed by atoms with Gasteiger partial charge in [-0.3, -0.25) is 67.7 Å². The average Bonchev–Trinajstić information content (AvgIpc) is 1.51. The van der Waals surface area contributed by atoms with Gasteiger partial charge in [0.1, 0.15) is 60.1 Å². The first-order chi connectivity index (χ1) is 50.8. The molecule has 11 atom stereocenters. The first-order valence-corrected chi connectivity index (χ1v) is 36.6. The number of amides is 11. The Balaban J connectivity index is 1.38. The molecule has 34 heteroatoms. The largest absolute Gasteiger partial charge is 0.508 e. The number of fused-ring (bicyclic) bond motifs is 1. The summed E-state index contributed by atoms with van der Waals surface area (Å²) in [4.78, 5) is 173. The van der Waals surface area contributed by atoms with Gasteiger partial charge >= 0.3 is 0 Å². The highest BCUT2D eigenvalue weighted by molar-refractivity contribution is 5.99. The lowest BCUT2D eigenvalue weighted by Gasteiger charge is -2.37. The molecule has 0 aliphatic carbocycles. The number of likely N-dealkylation sites (tertiary alicyclic amines) is 1. The third-order valence-electron chi connectivity index (χ3n) is 18.9. The molecule has 1 fully saturated rings. The van der Waals surface area contributed by atoms with Crippen molar-refractivity contribution >= 4 is 82.9 Å². The Morgan fingerprint density at radius 1 is 0.551 bits per heavy atom. The molecule has 27 N–H and O–H groups in total. The molecule has 5 rings (SSSR count). The number of aryl methyl sites for hydroxylation is 2. The van der Waals surface area contributed by atoms with Crippen LogP contribution in [0.5, 0.6) is 5.75 Å². The van der Waals surface area contributed by atoms with Gasteiger partial charge in [0.15, 0.2) is 17.9 Å². The van der Waals surface area contributed by atoms with Crippen LogP contribution in [0.1, 0.15) is 145 Å². The lowest BCUT2D eigenvalue weighted by Crippen LogP contribution is -2.61. The van der Waals surface area contributed by atoms with E-state index in [-0.39, 0.29) is 139 Å². The molecule has 0 unspecified atom stereocenters. The fourth-order valence-electron chi connectivity index (χ4n) is 13.0. The van der Waals surface area contributed by atoms with Gasteiger partial charge in [0.2, 0.25) is 65.0 Å². The molecule has 3 aromatic rings. The van der Waals surface area contributed by atoms with Crippen molar-refractivity contribution in [3.63, 3.8) is 0 Å². The van der Waals surface area contributed by atoms with Gasteiger partial charge in [-0.25, -0.2) is 0 Å². The summed E-state index contributed by atoms with van der Waals surface area (Å²) in [5.41, 5.74) is 56.2. The van der Waals surface area contributed by atoms with E-state index >= 15 is 0 Å². The first-order valence-electron chi connectivity index (χ1n) is 36.6. The Hall–Kier alpha value is -10.6. The van der Waals surface area contributed by atoms with Crippen molar-refractivity contribution in [2.24, 2.45) is 78.4 Å². The summed E-state index contributed by atoms with van der Waals surface area (Å²) < 4.78 is 0. The number of aromatic hydroxyl groups is 1. The monoisotopic (exact) mass is 1490 g/mol. The first kappa shape index (κ1) is 87.0. The van der Waals surface area contributed by atoms with Crippen LogP contribution in [0.25, 0.3) is 0 Å². The standard InChI is InChI=1S/C73H114N22O12/c1-7-42(4)60(68(105)91-54(26-17-31-85-73(81)82)70(107)94-32-18-27-57(94)67(104)88-51(61(76)98)23-13-14-28-74)93-63(100)53(25-16-30-84-72(79)80)89-62(99)52(24-15-29-83-71(77)78)90-64(101)55(33-41(2)3)92-65(102)56(36-45-19-9-8-10-20-45)87-59(97)39-86-66(103)58-37-46-21-11-12-22-47(46)40-95(58)69(106)50(75)38-49-43(5)34-48(96)35-44(49)6/h8-12,19-22,34-35,41-42,50-58,60,96H,7,13-18,23-33,36-40,74-75H2,1-6H3,(H2,76,98)(H,86,103)(H,87,97)(H,88,104)(H,89,99)(H,90,101)(H,91,105)(H,92,102)(H,93,100)(H4,77,78,83)(H4,79,80,84)(H4,81,82,85)/t42-,50-,51-,52-,53-,54-,55-,56-,57-,58-,60-/m0/s1. The van der Waals surface area contributed by atoms with Crippen molar-refractivity contribution < 1.29 is 57.8 Å². The summed E-state index contributed by atoms with van der Waals surface area (Å²) in [5, 5.41) is 32.2. The third kappa shape index (κ3) is 28.3. The van der Waals surface area contributed by atoms with Crippen molar-refractivity contribution in [2.45, 2.75) is 211 Å². The lowest BCUT2D eigenvalue weighted by atomic mass is 9.91. The number of nitrogens with one attached hydrogen (secondary N) is 8. The van der Waals surface area contributed by atoms with E-state index in [2.05, 4.69) is 57.5 Å². The van der Waals surface area contributed by atoms with Gasteiger partial charge in [0.25, 0.3) is 0 Å². The molecule has 2 heterocycles. The summed E-state index contributed by atoms with van der Waals surface area (Å²) in [6.45, 7) is 10.7. The SMILES string of the molecule is CC[C@H](C)[C@H](NC(=O)[C@H](CCCN=C(N)N)NC(=O)[C@H](CCCN=C(N)N)NC(=O)[C@H](CC(C)C)NC(=O)[C@H](Cc1ccccc1)NC(=O)CNC(=O)[C@@H]1Cc2ccccc2CN1C(=O)[C@@H](N)Cc1c(C)cc(O)cc1C)C(=O)N[C@@H](CCCN=C(N)N)C(=O)N1CCC[C@H]1C(=O)N[C@@H](CCCCN)C(N)=O. The zero-order chi connectivity index (χ0) is 79.0. The number of hydrogen-bond donors (Lipinski definition) is 18. The maximum absolute atomic E-state index is 14.9. The second-order valence-corrected chi connectivity index (χ2v) is 27.9. The highest BCUT2D eigenvalue weighted by Crippen LogP contribution is 2.28. The molecule has 3 aromatic carbocycles. The molecule has 2 aliphatic heterocycles. The maximum atomic E-state index is 14.9. The number of aliphatic imine (C=N–C) groups is 3. The quantitative estimate of drug-likeness (QED) is 0.0157. The van der Waals surface area contributed by atoms with Crippen molar-refractivity contribution in [1.29, 1.82) is 0 Å². The number of hydrogen-bond acceptors (Lipinski definition) is 17. The zero-order valence-electron chi connectivity index (χ0n) is 62.4. The number of guanidine groups is 3. The molecule has 1 saturated heterocycles. The van der Waals surface area contributed by atoms with Gasteiger partial charge in [-0.1, -0.05) is 88.7 Å². The molecule has 2 aliphatic rings. The molecular weight excluding hydrogens is 1380 g/mol. The molecule has 11 amide bonds. The van der Waals surface area contributed by atoms with Gasteiger partial charge in [0.05, 0.1) is 12.6 Å². The Bertz CT molecular complexity index is 3600. The van der Waals surface area contributed by atoms with E-state index in [4.69, 9.17) is 51.6 Å². The summed E-state index contributed by atoms with van der Waals surface area (Å²) in [6, 6.07) is 6.79. The molecule has 0 aromatic heterocycles. The lowest BCUT2D eigenvalue weighted by molar-refractivity contribution is -0.143. The van der Waals surface area contributed by atoms with E-state index in [9.17, 15) is 57.8 Å². The van der Waals surface area contributed by atoms with Crippen LogP contribution in [0.2, 0.25) is 0 Å². The summed E-state index contributed by atoms with van der Waals surface area (Å²) in [6.07, 6.45) is 2.59. The van der Waals surface area contributed by atoms with Gasteiger partial charge < -0.3 is 109 Å². The molecular formula is C73H114N22O12. The van der Waals surface area contributed by atoms with Crippen molar-refractivity contribution in [3.05, 3.63) is 100 Å². The van der Waals surface area contributed by atoms with Crippen LogP contribution < -0.4 is 94.1 Å². The van der Waals surface area contributed by atoms with Crippen LogP contribution >= 0.6 is 0 Å². The number of nitrogens with two attached hydrogens (primary N) is 9. The van der Waals surface area contributed by atoms with E-state index in [1.807, 2.05) is 24.3 Å². The topological polar surface area (TPSA) is 582 Å². The Morgan fingerprint density at radius 2 is 1.07 bits per heavy atom. The smallest absolute Gasteiger partial charge is 0.245 e. The van der Waals surface area contributed by atoms with Gasteiger partial charge in [-0.05, 0) is 161 Å². The van der Waals surface area contributed by atoms with Crippen LogP contribution in [0.4, 0.5) is 0 Å². The summed E-state index contributed by atoms with van der Waals surface area (Å²) in [7, 11) is 0. The van der Waals surface area contributed by atoms with Gasteiger partial charge in [-0.15, -0.1) is 0 Å². The summed E-state index contributed by atoms with van der Waals surface area (Å²) >= 11 is 0. The number of phenols is 1. The number of carbonyl (C=O) groups is 11. The molecule has 0 radical (unpaired) electrons. The number of benzene rings is 3. The number of phenolic OH excluding ortho intramolecular Hbond substituents is 1. The van der Waals surface area contributed by atoms with E-state index in [0.717, 1.165) is 27.8 Å². The second-order valence-electron chi connectivity index (χ2n) is 27.9. The van der Waals surface area contributed by atoms with Crippen molar-refractivity contribution in [1.82, 2.24) is 52.3 Å². The summed E-state index contributed by atoms with van der Waals surface area (Å²) in [5.74, 6) is -9.57. The van der Waals surface area contributed by atoms with E-state index < -0.39 is 138 Å². The number of unbranched alkanes of at least 4 members (excludes halogenated alkanes) is 1. The highest BCUT2D eigenvalue weighted by Gasteiger charge is 2.42. The predicted octanol–water partition coefficient (Wildman–Crippen LogP) is -2.56. The minimum absolute atomic E-state index is 0.0000848. The molecule has 588 valence electrons. The number of carbonyl (C=O) groups excluding carboxylic acids is 11. The van der Waals surface area contributed by atoms with E-state index in [1.54, 1.807) is 84.0 Å². The number of primary amides is 1. The predicted molar refractivity (Wildman–Crippen MR) is 406 cm³/mol. The highest BCUT2D eigenvalue weighted by atomic mass is 16.3. The second kappa shape index (κ2) is 43.7. The Morgan fingerprint density at radius 3 is 1.62 bits per heavy atom. The van der Waals surface area contributed by atoms with Crippen molar-refractivity contribution in [2.75, 3.05) is 39.3 Å². The van der Waals surface area contributed by atoms with Crippen molar-refractivity contribution in [3.8, 4) is 5.75 Å². The maximum Gasteiger partial charge on any atom is 0.245 e. The fraction of sp³-hybridized carbons (Fsp3) is 0.562. The number of nitrogens with zero attached hydrogens (tertiary/aromatic N) is 5. The molecule has 0 bridgehead atoms. The molecule has 34 nitrogen and oxygen atoms in total. The van der Waals surface area contributed by atoms with E-state index in [0.29, 0.717) is 37.8 Å². The molecule has 0 saturated carbocycles. The Labute approximate surface area is 625 Å².